The summed E-state index contributed by atoms with van der Waals surface area (Å²) >= 11 is 0. The third-order valence-corrected chi connectivity index (χ3v) is 6.60. The lowest BCUT2D eigenvalue weighted by molar-refractivity contribution is 0.407. The van der Waals surface area contributed by atoms with Crippen LogP contribution in [0.1, 0.15) is 30.9 Å². The molecule has 0 fully saturated rings. The topological polar surface area (TPSA) is 53.2 Å². The Labute approximate surface area is 149 Å². The molecule has 0 saturated carbocycles. The summed E-state index contributed by atoms with van der Waals surface area (Å²) in [6.45, 7) is 6.81. The molecule has 4 nitrogen and oxygen atoms in total. The Kier molecular flexibility index (Phi) is 4.97. The summed E-state index contributed by atoms with van der Waals surface area (Å²) in [5.41, 5.74) is 3.27. The predicted octanol–water partition coefficient (Wildman–Crippen LogP) is 4.29. The summed E-state index contributed by atoms with van der Waals surface area (Å²) in [5, 5.41) is 1.15. The lowest BCUT2D eigenvalue weighted by Crippen LogP contribution is -2.34. The van der Waals surface area contributed by atoms with Crippen LogP contribution in [0.5, 0.6) is 0 Å². The van der Waals surface area contributed by atoms with Crippen LogP contribution in [-0.4, -0.2) is 30.8 Å². The Hall–Kier alpha value is -2.11. The van der Waals surface area contributed by atoms with Gasteiger partial charge in [-0.3, -0.25) is 0 Å². The quantitative estimate of drug-likeness (QED) is 0.716. The molecule has 1 N–H and O–H groups in total. The van der Waals surface area contributed by atoms with Gasteiger partial charge >= 0.3 is 0 Å². The zero-order valence-corrected chi connectivity index (χ0v) is 15.7. The molecule has 0 saturated heterocycles. The Morgan fingerprint density at radius 3 is 2.44 bits per heavy atom. The molecule has 0 bridgehead atoms. The van der Waals surface area contributed by atoms with Crippen molar-refractivity contribution in [3.8, 4) is 0 Å². The lowest BCUT2D eigenvalue weighted by Gasteiger charge is -2.24. The molecular formula is C20H24N2O2S. The highest BCUT2D eigenvalue weighted by atomic mass is 32.2. The molecule has 3 rings (SSSR count). The fraction of sp³-hybridized carbons (Fsp3) is 0.300. The van der Waals surface area contributed by atoms with Crippen LogP contribution in [0.2, 0.25) is 0 Å². The van der Waals surface area contributed by atoms with Crippen molar-refractivity contribution in [2.24, 2.45) is 0 Å². The fourth-order valence-electron chi connectivity index (χ4n) is 3.16. The number of benzene rings is 2. The van der Waals surface area contributed by atoms with Crippen molar-refractivity contribution in [2.45, 2.75) is 31.6 Å². The smallest absolute Gasteiger partial charge is 0.243 e. The van der Waals surface area contributed by atoms with Crippen molar-refractivity contribution in [1.29, 1.82) is 0 Å². The normalized spacial score (nSPS) is 13.4. The van der Waals surface area contributed by atoms with E-state index >= 15 is 0 Å². The predicted molar refractivity (Wildman–Crippen MR) is 102 cm³/mol. The van der Waals surface area contributed by atoms with Crippen LogP contribution in [0.15, 0.2) is 59.6 Å². The van der Waals surface area contributed by atoms with Gasteiger partial charge in [0.15, 0.2) is 0 Å². The van der Waals surface area contributed by atoms with Gasteiger partial charge in [-0.05, 0) is 36.6 Å². The van der Waals surface area contributed by atoms with Crippen molar-refractivity contribution in [2.75, 3.05) is 13.1 Å². The third-order valence-electron chi connectivity index (χ3n) is 4.64. The summed E-state index contributed by atoms with van der Waals surface area (Å²) in [5.74, 6) is 0.0938. The van der Waals surface area contributed by atoms with Gasteiger partial charge < -0.3 is 4.98 Å². The van der Waals surface area contributed by atoms with Gasteiger partial charge in [-0.25, -0.2) is 8.42 Å². The highest BCUT2D eigenvalue weighted by Gasteiger charge is 2.25. The highest BCUT2D eigenvalue weighted by Crippen LogP contribution is 2.27. The monoisotopic (exact) mass is 356 g/mol. The Bertz CT molecular complexity index is 959. The molecule has 1 atom stereocenters. The first-order valence-electron chi connectivity index (χ1n) is 8.56. The molecule has 2 aromatic carbocycles. The van der Waals surface area contributed by atoms with E-state index in [1.165, 1.54) is 0 Å². The molecule has 0 aliphatic rings. The number of fused-ring (bicyclic) bond motifs is 1. The molecule has 1 unspecified atom stereocenters. The zero-order valence-electron chi connectivity index (χ0n) is 14.9. The number of rotatable bonds is 6. The van der Waals surface area contributed by atoms with Gasteiger partial charge in [-0.2, -0.15) is 4.31 Å². The minimum absolute atomic E-state index is 0.0938. The number of nitrogens with one attached hydrogen (secondary N) is 1. The molecular weight excluding hydrogens is 332 g/mol. The maximum absolute atomic E-state index is 13.0. The third kappa shape index (κ3) is 3.48. The van der Waals surface area contributed by atoms with Crippen molar-refractivity contribution < 1.29 is 8.42 Å². The van der Waals surface area contributed by atoms with Crippen LogP contribution in [0.4, 0.5) is 0 Å². The molecule has 0 spiro atoms. The number of likely N-dealkylation sites (N-methyl/N-ethyl adjacent to an activating group) is 1. The van der Waals surface area contributed by atoms with E-state index in [0.29, 0.717) is 18.0 Å². The van der Waals surface area contributed by atoms with Gasteiger partial charge in [-0.1, -0.05) is 49.7 Å². The van der Waals surface area contributed by atoms with E-state index in [4.69, 9.17) is 0 Å². The lowest BCUT2D eigenvalue weighted by atomic mass is 10.0. The summed E-state index contributed by atoms with van der Waals surface area (Å²) in [6.07, 6.45) is 1.99. The zero-order chi connectivity index (χ0) is 18.0. The van der Waals surface area contributed by atoms with Crippen molar-refractivity contribution in [1.82, 2.24) is 9.29 Å². The summed E-state index contributed by atoms with van der Waals surface area (Å²) < 4.78 is 27.5. The van der Waals surface area contributed by atoms with Gasteiger partial charge in [0.2, 0.25) is 10.0 Å². The molecule has 132 valence electrons. The maximum atomic E-state index is 13.0. The molecule has 5 heteroatoms. The summed E-state index contributed by atoms with van der Waals surface area (Å²) in [7, 11) is -3.48. The fourth-order valence-corrected chi connectivity index (χ4v) is 4.70. The molecule has 0 aliphatic carbocycles. The molecule has 0 radical (unpaired) electrons. The summed E-state index contributed by atoms with van der Waals surface area (Å²) in [4.78, 5) is 3.62. The van der Waals surface area contributed by atoms with Gasteiger partial charge in [0, 0.05) is 30.2 Å². The summed E-state index contributed by atoms with van der Waals surface area (Å²) in [6, 6.07) is 15.1. The van der Waals surface area contributed by atoms with E-state index in [-0.39, 0.29) is 5.92 Å². The first-order chi connectivity index (χ1) is 11.9. The largest absolute Gasteiger partial charge is 0.361 e. The second kappa shape index (κ2) is 7.02. The van der Waals surface area contributed by atoms with E-state index in [0.717, 1.165) is 22.0 Å². The minimum atomic E-state index is -3.48. The van der Waals surface area contributed by atoms with Crippen LogP contribution >= 0.6 is 0 Å². The van der Waals surface area contributed by atoms with Crippen molar-refractivity contribution in [3.05, 3.63) is 65.9 Å². The average molecular weight is 356 g/mol. The second-order valence-corrected chi connectivity index (χ2v) is 8.40. The van der Waals surface area contributed by atoms with Crippen molar-refractivity contribution >= 4 is 20.9 Å². The van der Waals surface area contributed by atoms with Gasteiger partial charge in [0.05, 0.1) is 4.90 Å². The van der Waals surface area contributed by atoms with E-state index in [2.05, 4.69) is 18.0 Å². The molecule has 25 heavy (non-hydrogen) atoms. The van der Waals surface area contributed by atoms with Crippen LogP contribution in [0, 0.1) is 6.92 Å². The molecule has 1 aromatic heterocycles. The van der Waals surface area contributed by atoms with Gasteiger partial charge in [0.1, 0.15) is 0 Å². The van der Waals surface area contributed by atoms with Crippen LogP contribution in [0.25, 0.3) is 10.9 Å². The maximum Gasteiger partial charge on any atom is 0.243 e. The van der Waals surface area contributed by atoms with Crippen molar-refractivity contribution in [3.63, 3.8) is 0 Å². The van der Waals surface area contributed by atoms with E-state index in [1.54, 1.807) is 16.4 Å². The molecule has 0 aliphatic heterocycles. The minimum Gasteiger partial charge on any atom is -0.361 e. The van der Waals surface area contributed by atoms with E-state index in [9.17, 15) is 8.42 Å². The number of hydrogen-bond acceptors (Lipinski definition) is 2. The second-order valence-electron chi connectivity index (χ2n) is 6.46. The first kappa shape index (κ1) is 17.7. The average Bonchev–Trinajstić information content (AvgIpc) is 3.04. The number of aromatic nitrogens is 1. The Morgan fingerprint density at radius 1 is 1.08 bits per heavy atom. The van der Waals surface area contributed by atoms with Gasteiger partial charge in [0.25, 0.3) is 0 Å². The molecule has 3 aromatic rings. The van der Waals surface area contributed by atoms with E-state index in [1.807, 2.05) is 50.4 Å². The number of aryl methyl sites for hydroxylation is 1. The number of H-pyrrole nitrogens is 1. The van der Waals surface area contributed by atoms with E-state index < -0.39 is 10.0 Å². The number of aromatic amines is 1. The standard InChI is InChI=1S/C20H24N2O2S/c1-4-22(25(23,24)17-11-9-15(2)10-12-17)14-16(3)19-13-21-20-8-6-5-7-18(19)20/h5-13,16,21H,4,14H2,1-3H3. The van der Waals surface area contributed by atoms with Crippen LogP contribution < -0.4 is 0 Å². The van der Waals surface area contributed by atoms with Crippen LogP contribution in [-0.2, 0) is 10.0 Å². The Morgan fingerprint density at radius 2 is 1.76 bits per heavy atom. The molecule has 1 heterocycles. The highest BCUT2D eigenvalue weighted by molar-refractivity contribution is 7.89. The number of nitrogens with zero attached hydrogens (tertiary/aromatic N) is 1. The van der Waals surface area contributed by atoms with Crippen LogP contribution in [0.3, 0.4) is 0 Å². The Balaban J connectivity index is 1.87. The number of sulfonamides is 1. The first-order valence-corrected chi connectivity index (χ1v) is 10.00. The molecule has 0 amide bonds. The van der Waals surface area contributed by atoms with Gasteiger partial charge in [-0.15, -0.1) is 0 Å². The SMILES string of the molecule is CCN(CC(C)c1c[nH]c2ccccc12)S(=O)(=O)c1ccc(C)cc1. The number of hydrogen-bond donors (Lipinski definition) is 1. The number of para-hydroxylation sites is 1.